The molecule has 4 nitrogen and oxygen atoms in total. The Kier molecular flexibility index (Phi) is 6.88. The van der Waals surface area contributed by atoms with E-state index in [9.17, 15) is 4.79 Å². The van der Waals surface area contributed by atoms with Crippen LogP contribution in [0, 0.1) is 11.3 Å². The van der Waals surface area contributed by atoms with Crippen LogP contribution < -0.4 is 15.5 Å². The molecule has 0 radical (unpaired) electrons. The van der Waals surface area contributed by atoms with Crippen LogP contribution in [-0.2, 0) is 4.79 Å². The molecule has 2 atom stereocenters. The number of hydrogen-bond acceptors (Lipinski definition) is 3. The summed E-state index contributed by atoms with van der Waals surface area (Å²) in [5, 5.41) is 7.45. The maximum Gasteiger partial charge on any atom is 0.223 e. The summed E-state index contributed by atoms with van der Waals surface area (Å²) in [6.07, 6.45) is 4.42. The van der Waals surface area contributed by atoms with E-state index in [1.54, 1.807) is 0 Å². The maximum absolute atomic E-state index is 12.6. The van der Waals surface area contributed by atoms with Crippen LogP contribution in [0.2, 0.25) is 5.02 Å². The van der Waals surface area contributed by atoms with Gasteiger partial charge in [0.15, 0.2) is 0 Å². The van der Waals surface area contributed by atoms with E-state index in [1.807, 2.05) is 18.2 Å². The van der Waals surface area contributed by atoms with Gasteiger partial charge in [0.2, 0.25) is 5.91 Å². The highest BCUT2D eigenvalue weighted by atomic mass is 35.5. The van der Waals surface area contributed by atoms with Crippen molar-refractivity contribution in [1.29, 1.82) is 0 Å². The summed E-state index contributed by atoms with van der Waals surface area (Å²) in [7, 11) is 0. The zero-order chi connectivity index (χ0) is 15.9. The third kappa shape index (κ3) is 4.36. The van der Waals surface area contributed by atoms with Crippen LogP contribution >= 0.6 is 36.4 Å². The Morgan fingerprint density at radius 3 is 2.76 bits per heavy atom. The minimum atomic E-state index is 0. The van der Waals surface area contributed by atoms with E-state index < -0.39 is 0 Å². The van der Waals surface area contributed by atoms with Gasteiger partial charge in [0.1, 0.15) is 0 Å². The van der Waals surface area contributed by atoms with Crippen molar-refractivity contribution in [2.24, 2.45) is 11.3 Å². The fourth-order valence-electron chi connectivity index (χ4n) is 4.28. The van der Waals surface area contributed by atoms with Crippen LogP contribution in [-0.4, -0.2) is 38.1 Å². The van der Waals surface area contributed by atoms with Gasteiger partial charge in [-0.2, -0.15) is 0 Å². The molecule has 7 heteroatoms. The van der Waals surface area contributed by atoms with Gasteiger partial charge in [-0.15, -0.1) is 24.8 Å². The number of hydrogen-bond donors (Lipinski definition) is 2. The third-order valence-corrected chi connectivity index (χ3v) is 6.05. The van der Waals surface area contributed by atoms with Crippen molar-refractivity contribution >= 4 is 48.0 Å². The first kappa shape index (κ1) is 20.6. The first-order chi connectivity index (χ1) is 11.2. The molecule has 2 aliphatic heterocycles. The highest BCUT2D eigenvalue weighted by Gasteiger charge is 2.57. The quantitative estimate of drug-likeness (QED) is 0.810. The summed E-state index contributed by atoms with van der Waals surface area (Å²) in [5.74, 6) is 0.537. The Morgan fingerprint density at radius 1 is 1.28 bits per heavy atom. The lowest BCUT2D eigenvalue weighted by Crippen LogP contribution is -2.40. The molecular formula is C18H26Cl3N3O. The van der Waals surface area contributed by atoms with Crippen molar-refractivity contribution in [3.05, 3.63) is 29.3 Å². The fraction of sp³-hybridized carbons (Fsp3) is 0.611. The monoisotopic (exact) mass is 405 g/mol. The lowest BCUT2D eigenvalue weighted by Gasteiger charge is -2.24. The molecule has 2 saturated heterocycles. The largest absolute Gasteiger partial charge is 0.369 e. The molecule has 0 aromatic heterocycles. The van der Waals surface area contributed by atoms with E-state index in [-0.39, 0.29) is 42.7 Å². The highest BCUT2D eigenvalue weighted by Crippen LogP contribution is 2.58. The number of halogens is 3. The van der Waals surface area contributed by atoms with E-state index >= 15 is 0 Å². The van der Waals surface area contributed by atoms with Gasteiger partial charge in [-0.1, -0.05) is 17.7 Å². The Bertz CT molecular complexity index is 607. The summed E-state index contributed by atoms with van der Waals surface area (Å²) in [6, 6.07) is 8.22. The molecule has 2 N–H and O–H groups in total. The number of amides is 1. The Balaban J connectivity index is 0.00000113. The number of rotatable bonds is 3. The smallest absolute Gasteiger partial charge is 0.223 e. The average molecular weight is 407 g/mol. The van der Waals surface area contributed by atoms with Gasteiger partial charge < -0.3 is 15.5 Å². The second kappa shape index (κ2) is 8.34. The van der Waals surface area contributed by atoms with Gasteiger partial charge in [0, 0.05) is 35.8 Å². The minimum absolute atomic E-state index is 0. The fourth-order valence-corrected chi connectivity index (χ4v) is 4.47. The number of piperidine rings is 1. The molecule has 1 amide bonds. The van der Waals surface area contributed by atoms with Crippen LogP contribution in [0.15, 0.2) is 24.3 Å². The standard InChI is InChI=1S/C18H24ClN3O.2ClH/c19-13-2-1-3-15(10-13)22-9-4-14(12-22)21-17(23)16-11-18(16)5-7-20-8-6-18;;/h1-3,10,14,16,20H,4-9,11-12H2,(H,21,23);2*1H. The zero-order valence-electron chi connectivity index (χ0n) is 14.2. The van der Waals surface area contributed by atoms with E-state index in [0.29, 0.717) is 5.41 Å². The van der Waals surface area contributed by atoms with Gasteiger partial charge in [0.25, 0.3) is 0 Å². The summed E-state index contributed by atoms with van der Waals surface area (Å²) < 4.78 is 0. The van der Waals surface area contributed by atoms with Gasteiger partial charge in [-0.05, 0) is 62.4 Å². The Labute approximate surface area is 166 Å². The summed E-state index contributed by atoms with van der Waals surface area (Å²) in [4.78, 5) is 14.9. The van der Waals surface area contributed by atoms with Crippen LogP contribution in [0.5, 0.6) is 0 Å². The predicted octanol–water partition coefficient (Wildman–Crippen LogP) is 3.27. The topological polar surface area (TPSA) is 44.4 Å². The number of nitrogens with one attached hydrogen (secondary N) is 2. The summed E-state index contributed by atoms with van der Waals surface area (Å²) >= 11 is 6.07. The number of carbonyl (C=O) groups is 1. The molecule has 2 heterocycles. The molecule has 1 aliphatic carbocycles. The van der Waals surface area contributed by atoms with E-state index in [2.05, 4.69) is 21.6 Å². The van der Waals surface area contributed by atoms with E-state index in [1.165, 1.54) is 0 Å². The average Bonchev–Trinajstić information content (AvgIpc) is 3.04. The summed E-state index contributed by atoms with van der Waals surface area (Å²) in [5.41, 5.74) is 1.47. The third-order valence-electron chi connectivity index (χ3n) is 5.81. The molecule has 1 aromatic carbocycles. The molecule has 1 aromatic rings. The number of benzene rings is 1. The lowest BCUT2D eigenvalue weighted by atomic mass is 9.91. The van der Waals surface area contributed by atoms with Gasteiger partial charge >= 0.3 is 0 Å². The lowest BCUT2D eigenvalue weighted by molar-refractivity contribution is -0.123. The summed E-state index contributed by atoms with van der Waals surface area (Å²) in [6.45, 7) is 3.99. The molecule has 1 spiro atoms. The second-order valence-electron chi connectivity index (χ2n) is 7.29. The van der Waals surface area contributed by atoms with E-state index in [4.69, 9.17) is 11.6 Å². The van der Waals surface area contributed by atoms with Crippen molar-refractivity contribution in [3.63, 3.8) is 0 Å². The highest BCUT2D eigenvalue weighted by molar-refractivity contribution is 6.30. The Hall–Kier alpha value is -0.680. The molecule has 140 valence electrons. The Morgan fingerprint density at radius 2 is 2.04 bits per heavy atom. The van der Waals surface area contributed by atoms with Crippen LogP contribution in [0.3, 0.4) is 0 Å². The van der Waals surface area contributed by atoms with Crippen molar-refractivity contribution < 1.29 is 4.79 Å². The molecule has 0 bridgehead atoms. The van der Waals surface area contributed by atoms with Gasteiger partial charge in [-0.3, -0.25) is 4.79 Å². The first-order valence-electron chi connectivity index (χ1n) is 8.68. The van der Waals surface area contributed by atoms with Crippen LogP contribution in [0.1, 0.15) is 25.7 Å². The normalized spacial score (nSPS) is 26.5. The van der Waals surface area contributed by atoms with Crippen molar-refractivity contribution in [1.82, 2.24) is 10.6 Å². The first-order valence-corrected chi connectivity index (χ1v) is 9.06. The molecule has 4 rings (SSSR count). The number of nitrogens with zero attached hydrogens (tertiary/aromatic N) is 1. The molecule has 2 unspecified atom stereocenters. The minimum Gasteiger partial charge on any atom is -0.369 e. The molecule has 3 aliphatic rings. The zero-order valence-corrected chi connectivity index (χ0v) is 16.6. The number of carbonyl (C=O) groups excluding carboxylic acids is 1. The van der Waals surface area contributed by atoms with Crippen molar-refractivity contribution in [3.8, 4) is 0 Å². The van der Waals surface area contributed by atoms with Gasteiger partial charge in [0.05, 0.1) is 0 Å². The van der Waals surface area contributed by atoms with Gasteiger partial charge in [-0.25, -0.2) is 0 Å². The number of anilines is 1. The van der Waals surface area contributed by atoms with Crippen molar-refractivity contribution in [2.45, 2.75) is 31.7 Å². The SMILES string of the molecule is Cl.Cl.O=C(NC1CCN(c2cccc(Cl)c2)C1)C1CC12CCNCC2. The van der Waals surface area contributed by atoms with E-state index in [0.717, 1.165) is 62.6 Å². The maximum atomic E-state index is 12.6. The van der Waals surface area contributed by atoms with Crippen LogP contribution in [0.25, 0.3) is 0 Å². The molecule has 1 saturated carbocycles. The second-order valence-corrected chi connectivity index (χ2v) is 7.73. The molecular weight excluding hydrogens is 381 g/mol. The van der Waals surface area contributed by atoms with Crippen molar-refractivity contribution in [2.75, 3.05) is 31.1 Å². The van der Waals surface area contributed by atoms with Crippen LogP contribution in [0.4, 0.5) is 5.69 Å². The molecule has 3 fully saturated rings. The molecule has 25 heavy (non-hydrogen) atoms. The predicted molar refractivity (Wildman–Crippen MR) is 107 cm³/mol.